The molecule has 1 aliphatic heterocycles. The number of hydrogen-bond donors (Lipinski definition) is 1. The third-order valence-corrected chi connectivity index (χ3v) is 6.53. The first-order chi connectivity index (χ1) is 14.3. The van der Waals surface area contributed by atoms with E-state index in [1.807, 2.05) is 0 Å². The smallest absolute Gasteiger partial charge is 0.0821 e. The number of benzene rings is 2. The van der Waals surface area contributed by atoms with Gasteiger partial charge in [-0.25, -0.2) is 0 Å². The Balaban J connectivity index is 0.000000575. The number of fused-ring (bicyclic) bond motifs is 1. The molecule has 0 bridgehead atoms. The van der Waals surface area contributed by atoms with E-state index in [1.54, 1.807) is 0 Å². The van der Waals surface area contributed by atoms with Crippen molar-refractivity contribution in [3.63, 3.8) is 0 Å². The van der Waals surface area contributed by atoms with Crippen molar-refractivity contribution in [2.45, 2.75) is 59.4 Å². The van der Waals surface area contributed by atoms with Gasteiger partial charge in [-0.1, -0.05) is 71.0 Å². The molecule has 0 aliphatic carbocycles. The van der Waals surface area contributed by atoms with Crippen LogP contribution in [0.2, 0.25) is 0 Å². The molecule has 0 aromatic heterocycles. The molecule has 0 atom stereocenters. The normalized spacial score (nSPS) is 14.5. The molecule has 0 radical (unpaired) electrons. The van der Waals surface area contributed by atoms with Gasteiger partial charge in [0.25, 0.3) is 0 Å². The highest BCUT2D eigenvalue weighted by Crippen LogP contribution is 2.44. The third-order valence-electron chi connectivity index (χ3n) is 5.35. The van der Waals surface area contributed by atoms with Gasteiger partial charge in [0.1, 0.15) is 0 Å². The summed E-state index contributed by atoms with van der Waals surface area (Å²) in [5.41, 5.74) is 4.72. The first kappa shape index (κ1) is 24.8. The molecule has 0 fully saturated rings. The summed E-state index contributed by atoms with van der Waals surface area (Å²) in [6, 6.07) is 12.8. The van der Waals surface area contributed by atoms with Crippen molar-refractivity contribution >= 4 is 49.3 Å². The number of hydrazine groups is 1. The average molecular weight is 537 g/mol. The highest BCUT2D eigenvalue weighted by Gasteiger charge is 2.39. The Morgan fingerprint density at radius 2 is 1.70 bits per heavy atom. The standard InChI is InChI=1S/C20H23Br2N3.C5H12/c1-5-23-16-8-6-14(18(22)13-16)10-11-25-20(2,3)17-12-15(21)7-9-19(17)24(25)4;1-3-5-4-2/h6-13,23H,5H2,1-4H3;3-5H2,1-2H3/b11-10+;. The Labute approximate surface area is 199 Å². The van der Waals surface area contributed by atoms with E-state index in [4.69, 9.17) is 0 Å². The molecule has 0 spiro atoms. The minimum Gasteiger partial charge on any atom is -0.385 e. The van der Waals surface area contributed by atoms with Crippen molar-refractivity contribution < 1.29 is 0 Å². The number of rotatable bonds is 6. The minimum absolute atomic E-state index is 0.111. The van der Waals surface area contributed by atoms with Gasteiger partial charge in [0, 0.05) is 40.0 Å². The molecule has 1 N–H and O–H groups in total. The predicted octanol–water partition coefficient (Wildman–Crippen LogP) is 8.41. The monoisotopic (exact) mass is 535 g/mol. The van der Waals surface area contributed by atoms with E-state index in [0.717, 1.165) is 26.7 Å². The van der Waals surface area contributed by atoms with Crippen LogP contribution in [-0.4, -0.2) is 18.6 Å². The molecular formula is C25H35Br2N3. The molecular weight excluding hydrogens is 502 g/mol. The van der Waals surface area contributed by atoms with Crippen LogP contribution in [-0.2, 0) is 5.54 Å². The SMILES string of the molecule is CCCCC.CCNc1ccc(/C=C/N2N(C)c3ccc(Br)cc3C2(C)C)c(Br)c1. The molecule has 3 rings (SSSR count). The van der Waals surface area contributed by atoms with Crippen molar-refractivity contribution in [2.75, 3.05) is 23.9 Å². The first-order valence-electron chi connectivity index (χ1n) is 10.8. The molecule has 164 valence electrons. The topological polar surface area (TPSA) is 18.5 Å². The average Bonchev–Trinajstić information content (AvgIpc) is 2.88. The summed E-state index contributed by atoms with van der Waals surface area (Å²) in [7, 11) is 2.11. The molecule has 0 amide bonds. The number of unbranched alkanes of at least 4 members (excludes halogenated alkanes) is 2. The van der Waals surface area contributed by atoms with Crippen molar-refractivity contribution in [2.24, 2.45) is 0 Å². The molecule has 3 nitrogen and oxygen atoms in total. The molecule has 2 aromatic rings. The summed E-state index contributed by atoms with van der Waals surface area (Å²) in [6.45, 7) is 11.9. The van der Waals surface area contributed by atoms with Crippen LogP contribution in [0.3, 0.4) is 0 Å². The highest BCUT2D eigenvalue weighted by molar-refractivity contribution is 9.10. The zero-order valence-electron chi connectivity index (χ0n) is 19.1. The maximum atomic E-state index is 3.68. The molecule has 0 saturated carbocycles. The maximum Gasteiger partial charge on any atom is 0.0821 e. The van der Waals surface area contributed by atoms with Crippen molar-refractivity contribution in [3.05, 3.63) is 62.7 Å². The van der Waals surface area contributed by atoms with Crippen LogP contribution >= 0.6 is 31.9 Å². The maximum absolute atomic E-state index is 3.68. The number of nitrogens with zero attached hydrogens (tertiary/aromatic N) is 2. The molecule has 1 aliphatic rings. The third kappa shape index (κ3) is 5.82. The second kappa shape index (κ2) is 11.2. The highest BCUT2D eigenvalue weighted by atomic mass is 79.9. The van der Waals surface area contributed by atoms with E-state index in [1.165, 1.54) is 30.5 Å². The summed E-state index contributed by atoms with van der Waals surface area (Å²) >= 11 is 7.27. The van der Waals surface area contributed by atoms with E-state index >= 15 is 0 Å². The fourth-order valence-electron chi connectivity index (χ4n) is 3.66. The van der Waals surface area contributed by atoms with E-state index < -0.39 is 0 Å². The van der Waals surface area contributed by atoms with E-state index in [0.29, 0.717) is 0 Å². The summed E-state index contributed by atoms with van der Waals surface area (Å²) in [6.07, 6.45) is 8.38. The van der Waals surface area contributed by atoms with E-state index in [-0.39, 0.29) is 5.54 Å². The molecule has 30 heavy (non-hydrogen) atoms. The Hall–Kier alpha value is -1.46. The van der Waals surface area contributed by atoms with E-state index in [9.17, 15) is 0 Å². The molecule has 0 unspecified atom stereocenters. The number of nitrogens with one attached hydrogen (secondary N) is 1. The van der Waals surface area contributed by atoms with E-state index in [2.05, 4.69) is 138 Å². The predicted molar refractivity (Wildman–Crippen MR) is 140 cm³/mol. The van der Waals surface area contributed by atoms with Crippen LogP contribution in [0.4, 0.5) is 11.4 Å². The van der Waals surface area contributed by atoms with Crippen molar-refractivity contribution in [1.82, 2.24) is 5.01 Å². The van der Waals surface area contributed by atoms with Gasteiger partial charge in [-0.3, -0.25) is 10.0 Å². The number of hydrogen-bond acceptors (Lipinski definition) is 3. The summed E-state index contributed by atoms with van der Waals surface area (Å²) in [5.74, 6) is 0. The lowest BCUT2D eigenvalue weighted by Gasteiger charge is -2.35. The lowest BCUT2D eigenvalue weighted by Crippen LogP contribution is -2.41. The van der Waals surface area contributed by atoms with Crippen LogP contribution in [0, 0.1) is 0 Å². The van der Waals surface area contributed by atoms with Gasteiger partial charge in [0.15, 0.2) is 0 Å². The Kier molecular flexibility index (Phi) is 9.30. The molecule has 0 saturated heterocycles. The second-order valence-corrected chi connectivity index (χ2v) is 9.79. The summed E-state index contributed by atoms with van der Waals surface area (Å²) in [4.78, 5) is 0. The van der Waals surface area contributed by atoms with Gasteiger partial charge in [-0.05, 0) is 62.7 Å². The van der Waals surface area contributed by atoms with Crippen molar-refractivity contribution in [1.29, 1.82) is 0 Å². The molecule has 5 heteroatoms. The largest absolute Gasteiger partial charge is 0.385 e. The van der Waals surface area contributed by atoms with Gasteiger partial charge in [0.05, 0.1) is 11.2 Å². The van der Waals surface area contributed by atoms with Crippen LogP contribution in [0.25, 0.3) is 6.08 Å². The zero-order chi connectivity index (χ0) is 22.3. The summed E-state index contributed by atoms with van der Waals surface area (Å²) < 4.78 is 2.20. The Morgan fingerprint density at radius 1 is 1.00 bits per heavy atom. The van der Waals surface area contributed by atoms with Gasteiger partial charge in [-0.15, -0.1) is 0 Å². The Bertz CT molecular complexity index is 859. The van der Waals surface area contributed by atoms with Crippen LogP contribution < -0.4 is 10.3 Å². The fraction of sp³-hybridized carbons (Fsp3) is 0.440. The number of halogens is 2. The Morgan fingerprint density at radius 3 is 2.27 bits per heavy atom. The van der Waals surface area contributed by atoms with Gasteiger partial charge < -0.3 is 5.32 Å². The quantitative estimate of drug-likeness (QED) is 0.399. The van der Waals surface area contributed by atoms with Crippen LogP contribution in [0.1, 0.15) is 65.0 Å². The van der Waals surface area contributed by atoms with Gasteiger partial charge in [-0.2, -0.15) is 0 Å². The second-order valence-electron chi connectivity index (χ2n) is 8.02. The lowest BCUT2D eigenvalue weighted by atomic mass is 9.94. The summed E-state index contributed by atoms with van der Waals surface area (Å²) in [5, 5.41) is 7.81. The zero-order valence-corrected chi connectivity index (χ0v) is 22.3. The van der Waals surface area contributed by atoms with Crippen LogP contribution in [0.15, 0.2) is 51.5 Å². The first-order valence-corrected chi connectivity index (χ1v) is 12.4. The number of anilines is 2. The van der Waals surface area contributed by atoms with Gasteiger partial charge >= 0.3 is 0 Å². The lowest BCUT2D eigenvalue weighted by molar-refractivity contribution is 0.207. The van der Waals surface area contributed by atoms with Crippen molar-refractivity contribution in [3.8, 4) is 0 Å². The minimum atomic E-state index is -0.111. The molecule has 1 heterocycles. The van der Waals surface area contributed by atoms with Crippen LogP contribution in [0.5, 0.6) is 0 Å². The molecule has 2 aromatic carbocycles. The van der Waals surface area contributed by atoms with Gasteiger partial charge in [0.2, 0.25) is 0 Å². The fourth-order valence-corrected chi connectivity index (χ4v) is 4.53.